The van der Waals surface area contributed by atoms with Gasteiger partial charge in [0.15, 0.2) is 0 Å². The average molecular weight is 216 g/mol. The van der Waals surface area contributed by atoms with Crippen LogP contribution in [0.1, 0.15) is 0 Å². The van der Waals surface area contributed by atoms with E-state index < -0.39 is 16.5 Å². The fourth-order valence-corrected chi connectivity index (χ4v) is 9.69. The van der Waals surface area contributed by atoms with Crippen molar-refractivity contribution < 1.29 is 0 Å². The van der Waals surface area contributed by atoms with Gasteiger partial charge in [0.05, 0.1) is 12.1 Å². The van der Waals surface area contributed by atoms with Crippen LogP contribution < -0.4 is 0 Å². The van der Waals surface area contributed by atoms with Gasteiger partial charge in [-0.25, -0.2) is 10.5 Å². The first-order valence-electron chi connectivity index (χ1n) is 4.26. The number of nitrogens with zero attached hydrogens (tertiary/aromatic N) is 4. The molecule has 0 aliphatic carbocycles. The van der Waals surface area contributed by atoms with Gasteiger partial charge in [-0.15, -0.1) is 0 Å². The number of nitriles is 2. The van der Waals surface area contributed by atoms with E-state index in [-0.39, 0.29) is 0 Å². The monoisotopic (exact) mass is 216 g/mol. The zero-order valence-electron chi connectivity index (χ0n) is 7.62. The minimum atomic E-state index is -2.44. The fourth-order valence-electron chi connectivity index (χ4n) is 1.57. The summed E-state index contributed by atoms with van der Waals surface area (Å²) in [4.78, 5) is 0. The smallest absolute Gasteiger partial charge is 0.342 e. The Morgan fingerprint density at radius 3 is 1.64 bits per heavy atom. The molecule has 1 rings (SSSR count). The highest BCUT2D eigenvalue weighted by molar-refractivity contribution is 6.99. The molecular formula is C8H8N4Si2. The fraction of sp³-hybridized carbons (Fsp3) is 0.500. The highest BCUT2D eigenvalue weighted by Crippen LogP contribution is 2.36. The molecule has 0 aromatic carbocycles. The van der Waals surface area contributed by atoms with Crippen LogP contribution in [0.2, 0.25) is 24.2 Å². The van der Waals surface area contributed by atoms with Gasteiger partial charge < -0.3 is 9.02 Å². The van der Waals surface area contributed by atoms with E-state index in [0.717, 1.165) is 0 Å². The van der Waals surface area contributed by atoms with Crippen LogP contribution >= 0.6 is 0 Å². The predicted molar refractivity (Wildman–Crippen MR) is 55.2 cm³/mol. The van der Waals surface area contributed by atoms with Gasteiger partial charge in [0.25, 0.3) is 8.07 Å². The third kappa shape index (κ3) is 1.54. The van der Waals surface area contributed by atoms with Crippen LogP contribution in [0.15, 0.2) is 0 Å². The second-order valence-electron chi connectivity index (χ2n) is 3.51. The second-order valence-corrected chi connectivity index (χ2v) is 10.5. The number of hydrogen-bond acceptors (Lipinski definition) is 2. The lowest BCUT2D eigenvalue weighted by Crippen LogP contribution is -2.43. The average Bonchev–Trinajstić information content (AvgIpc) is 2.29. The Balaban J connectivity index is 2.85. The highest BCUT2D eigenvalue weighted by atomic mass is 28.4. The molecule has 0 unspecified atom stereocenters. The Hall–Kier alpha value is -1.61. The molecule has 0 saturated carbocycles. The van der Waals surface area contributed by atoms with Crippen LogP contribution in [0, 0.1) is 35.1 Å². The molecule has 0 amide bonds. The Morgan fingerprint density at radius 1 is 0.929 bits per heavy atom. The van der Waals surface area contributed by atoms with Gasteiger partial charge in [0.2, 0.25) is 0 Å². The van der Waals surface area contributed by atoms with Gasteiger partial charge in [-0.2, -0.15) is 0 Å². The van der Waals surface area contributed by atoms with E-state index in [1.165, 1.54) is 0 Å². The molecule has 4 nitrogen and oxygen atoms in total. The summed E-state index contributed by atoms with van der Waals surface area (Å²) < 4.78 is 6.94. The van der Waals surface area contributed by atoms with Crippen molar-refractivity contribution in [1.82, 2.24) is 0 Å². The number of rotatable bonds is 0. The number of hydrogen-bond donors (Lipinski definition) is 0. The molecule has 14 heavy (non-hydrogen) atoms. The predicted octanol–water partition coefficient (Wildman–Crippen LogP) is 1.86. The zero-order valence-corrected chi connectivity index (χ0v) is 9.62. The maximum Gasteiger partial charge on any atom is 0.842 e. The van der Waals surface area contributed by atoms with E-state index >= 15 is 0 Å². The van der Waals surface area contributed by atoms with Gasteiger partial charge in [0, 0.05) is 11.4 Å². The molecular weight excluding hydrogens is 208 g/mol. The summed E-state index contributed by atoms with van der Waals surface area (Å²) in [5.74, 6) is 0. The van der Waals surface area contributed by atoms with Gasteiger partial charge >= 0.3 is 8.40 Å². The molecule has 0 bridgehead atoms. The highest BCUT2D eigenvalue weighted by Gasteiger charge is 2.65. The lowest BCUT2D eigenvalue weighted by Gasteiger charge is -2.19. The quantitative estimate of drug-likeness (QED) is 0.458. The summed E-state index contributed by atoms with van der Waals surface area (Å²) >= 11 is 0. The molecule has 0 atom stereocenters. The van der Waals surface area contributed by atoms with E-state index in [2.05, 4.69) is 20.4 Å². The molecule has 0 aromatic heterocycles. The van der Waals surface area contributed by atoms with Crippen molar-refractivity contribution in [2.75, 3.05) is 0 Å². The van der Waals surface area contributed by atoms with Crippen molar-refractivity contribution in [1.29, 1.82) is 10.5 Å². The summed E-state index contributed by atoms with van der Waals surface area (Å²) in [6.45, 7) is 14.0. The third-order valence-electron chi connectivity index (χ3n) is 2.75. The van der Waals surface area contributed by atoms with E-state index in [1.54, 1.807) is 0 Å². The van der Waals surface area contributed by atoms with Gasteiger partial charge in [-0.3, -0.25) is 13.1 Å². The van der Waals surface area contributed by atoms with Crippen molar-refractivity contribution in [3.05, 3.63) is 22.2 Å². The van der Waals surface area contributed by atoms with E-state index in [1.807, 2.05) is 0 Å². The SMILES string of the molecule is [C-]#[N+][Si]1([N+]#[C-])CC[Si](C#N)(C#N)CC1. The Bertz CT molecular complexity index is 323. The van der Waals surface area contributed by atoms with E-state index in [9.17, 15) is 0 Å². The van der Waals surface area contributed by atoms with Gasteiger partial charge in [0.1, 0.15) is 0 Å². The third-order valence-corrected chi connectivity index (χ3v) is 9.75. The van der Waals surface area contributed by atoms with Crippen LogP contribution in [-0.4, -0.2) is 16.5 Å². The summed E-state index contributed by atoms with van der Waals surface area (Å²) in [6.07, 6.45) is 0. The Labute approximate surface area is 85.2 Å². The molecule has 6 heteroatoms. The summed E-state index contributed by atoms with van der Waals surface area (Å²) in [5.41, 5.74) is 4.29. The van der Waals surface area contributed by atoms with Crippen LogP contribution in [0.4, 0.5) is 0 Å². The van der Waals surface area contributed by atoms with Crippen molar-refractivity contribution in [2.45, 2.75) is 24.2 Å². The van der Waals surface area contributed by atoms with Crippen molar-refractivity contribution >= 4 is 16.5 Å². The Morgan fingerprint density at radius 2 is 1.36 bits per heavy atom. The molecule has 68 valence electrons. The van der Waals surface area contributed by atoms with Crippen molar-refractivity contribution in [3.63, 3.8) is 0 Å². The molecule has 1 aliphatic rings. The molecule has 1 heterocycles. The first kappa shape index (κ1) is 10.5. The maximum atomic E-state index is 8.91. The molecule has 1 saturated heterocycles. The lowest BCUT2D eigenvalue weighted by molar-refractivity contribution is 1.15. The first-order chi connectivity index (χ1) is 6.66. The molecule has 0 aromatic rings. The molecule has 0 spiro atoms. The maximum absolute atomic E-state index is 8.91. The molecule has 0 radical (unpaired) electrons. The van der Waals surface area contributed by atoms with Crippen LogP contribution in [0.5, 0.6) is 0 Å². The van der Waals surface area contributed by atoms with E-state index in [0.29, 0.717) is 24.2 Å². The van der Waals surface area contributed by atoms with Gasteiger partial charge in [-0.1, -0.05) is 0 Å². The second kappa shape index (κ2) is 3.64. The van der Waals surface area contributed by atoms with Crippen molar-refractivity contribution in [2.24, 2.45) is 0 Å². The standard InChI is InChI=1S/C8H8N4Si2/c1-11-14(12-2)5-3-13(7-9,8-10)4-6-14/h3-6H2. The van der Waals surface area contributed by atoms with Gasteiger partial charge in [-0.05, 0) is 12.1 Å². The largest absolute Gasteiger partial charge is 0.842 e. The van der Waals surface area contributed by atoms with Crippen molar-refractivity contribution in [3.8, 4) is 11.4 Å². The summed E-state index contributed by atoms with van der Waals surface area (Å²) in [6, 6.07) is 2.15. The lowest BCUT2D eigenvalue weighted by atomic mass is 10.9. The molecule has 1 aliphatic heterocycles. The molecule has 1 fully saturated rings. The van der Waals surface area contributed by atoms with Crippen LogP contribution in [0.25, 0.3) is 9.02 Å². The topological polar surface area (TPSA) is 56.3 Å². The zero-order chi connectivity index (χ0) is 10.7. The normalized spacial score (nSPS) is 22.0. The van der Waals surface area contributed by atoms with Crippen LogP contribution in [0.3, 0.4) is 0 Å². The van der Waals surface area contributed by atoms with E-state index in [4.69, 9.17) is 23.7 Å². The summed E-state index contributed by atoms with van der Waals surface area (Å²) in [5, 5.41) is 17.8. The minimum Gasteiger partial charge on any atom is -0.342 e. The molecule has 0 N–H and O–H groups in total. The van der Waals surface area contributed by atoms with Crippen LogP contribution in [-0.2, 0) is 0 Å². The summed E-state index contributed by atoms with van der Waals surface area (Å²) in [7, 11) is -4.83. The minimum absolute atomic E-state index is 0.535. The Kier molecular flexibility index (Phi) is 2.72. The first-order valence-corrected chi connectivity index (χ1v) is 8.98.